The fraction of sp³-hybridized carbons (Fsp3) is 0.500. The fourth-order valence-corrected chi connectivity index (χ4v) is 8.49. The second-order valence-electron chi connectivity index (χ2n) is 5.48. The molecule has 2 aliphatic rings. The minimum atomic E-state index is -1.10. The van der Waals surface area contributed by atoms with E-state index in [-0.39, 0.29) is 32.0 Å². The van der Waals surface area contributed by atoms with E-state index in [9.17, 15) is 30.3 Å². The molecule has 0 unspecified atom stereocenters. The number of carboxylic acid groups (broad SMARTS) is 1. The van der Waals surface area contributed by atoms with Crippen LogP contribution in [0.1, 0.15) is 15.9 Å². The number of carbonyl (C=O) groups is 1. The van der Waals surface area contributed by atoms with Gasteiger partial charge in [0.05, 0.1) is 32.0 Å². The summed E-state index contributed by atoms with van der Waals surface area (Å²) in [6, 6.07) is 0. The summed E-state index contributed by atoms with van der Waals surface area (Å²) in [6.07, 6.45) is 0. The minimum Gasteiger partial charge on any atom is -0.478 e. The van der Waals surface area contributed by atoms with Crippen LogP contribution in [0.2, 0.25) is 0 Å². The van der Waals surface area contributed by atoms with Crippen LogP contribution >= 0.6 is 47.0 Å². The van der Waals surface area contributed by atoms with Crippen LogP contribution in [0.4, 0.5) is 0 Å². The molecule has 1 aromatic rings. The predicted octanol–water partition coefficient (Wildman–Crippen LogP) is 1.45. The van der Waals surface area contributed by atoms with E-state index in [1.807, 2.05) is 6.92 Å². The molecule has 10 heteroatoms. The summed E-state index contributed by atoms with van der Waals surface area (Å²) in [7, 11) is 0. The molecule has 0 saturated heterocycles. The molecule has 3 rings (SSSR count). The second kappa shape index (κ2) is 6.58. The van der Waals surface area contributed by atoms with Crippen molar-refractivity contribution in [3.8, 4) is 0 Å². The molecule has 0 spiro atoms. The highest BCUT2D eigenvalue weighted by molar-refractivity contribution is 8.22. The van der Waals surface area contributed by atoms with Gasteiger partial charge in [-0.1, -0.05) is 0 Å². The number of aromatic carboxylic acids is 1. The van der Waals surface area contributed by atoms with Crippen LogP contribution in [-0.2, 0) is 0 Å². The SMILES string of the molecule is Cc1c2c(c(C(=O)O)c3c1SC(CO)(CO)S3)SC(CO)(CO)S2. The average Bonchev–Trinajstić information content (AvgIpc) is 3.15. The smallest absolute Gasteiger partial charge is 0.338 e. The maximum absolute atomic E-state index is 11.9. The Kier molecular flexibility index (Phi) is 5.13. The molecule has 0 fully saturated rings. The van der Waals surface area contributed by atoms with E-state index in [0.29, 0.717) is 9.79 Å². The van der Waals surface area contributed by atoms with Gasteiger partial charge in [-0.15, -0.1) is 47.0 Å². The number of aliphatic hydroxyl groups excluding tert-OH is 4. The van der Waals surface area contributed by atoms with Crippen molar-refractivity contribution in [1.29, 1.82) is 0 Å². The van der Waals surface area contributed by atoms with E-state index in [1.54, 1.807) is 0 Å². The molecule has 0 aliphatic carbocycles. The van der Waals surface area contributed by atoms with Crippen LogP contribution in [0.25, 0.3) is 0 Å². The zero-order valence-electron chi connectivity index (χ0n) is 12.6. The summed E-state index contributed by atoms with van der Waals surface area (Å²) >= 11 is 4.89. The average molecular weight is 409 g/mol. The highest BCUT2D eigenvalue weighted by Crippen LogP contribution is 2.65. The lowest BCUT2D eigenvalue weighted by molar-refractivity contribution is 0.0687. The van der Waals surface area contributed by atoms with Gasteiger partial charge in [-0.3, -0.25) is 0 Å². The Bertz CT molecular complexity index is 650. The first-order valence-corrected chi connectivity index (χ1v) is 10.3. The van der Waals surface area contributed by atoms with Crippen LogP contribution < -0.4 is 0 Å². The molecular weight excluding hydrogens is 392 g/mol. The number of benzene rings is 1. The van der Waals surface area contributed by atoms with Crippen molar-refractivity contribution in [3.63, 3.8) is 0 Å². The van der Waals surface area contributed by atoms with Gasteiger partial charge in [-0.25, -0.2) is 4.79 Å². The Morgan fingerprint density at radius 1 is 0.792 bits per heavy atom. The standard InChI is InChI=1S/C14H16O6S4/c1-6-8-10(23-13(2-15,3-16)21-8)7(12(19)20)11-9(6)22-14(4-17,5-18)24-11/h15-18H,2-5H2,1H3,(H,19,20). The number of fused-ring (bicyclic) bond motifs is 2. The molecule has 0 bridgehead atoms. The quantitative estimate of drug-likeness (QED) is 0.490. The molecule has 0 atom stereocenters. The van der Waals surface area contributed by atoms with Crippen LogP contribution in [-0.4, -0.2) is 66.1 Å². The highest BCUT2D eigenvalue weighted by atomic mass is 32.2. The van der Waals surface area contributed by atoms with Gasteiger partial charge < -0.3 is 25.5 Å². The number of hydrogen-bond donors (Lipinski definition) is 5. The largest absolute Gasteiger partial charge is 0.478 e. The first kappa shape index (κ1) is 18.7. The van der Waals surface area contributed by atoms with E-state index >= 15 is 0 Å². The molecule has 2 heterocycles. The summed E-state index contributed by atoms with van der Waals surface area (Å²) < 4.78 is -1.79. The molecule has 132 valence electrons. The molecule has 0 radical (unpaired) electrons. The van der Waals surface area contributed by atoms with Gasteiger partial charge in [0.15, 0.2) is 0 Å². The molecule has 0 amide bonds. The summed E-state index contributed by atoms with van der Waals surface area (Å²) in [5.74, 6) is -1.10. The summed E-state index contributed by atoms with van der Waals surface area (Å²) in [5, 5.41) is 48.3. The highest BCUT2D eigenvalue weighted by Gasteiger charge is 2.48. The van der Waals surface area contributed by atoms with Crippen molar-refractivity contribution < 1.29 is 30.3 Å². The Morgan fingerprint density at radius 3 is 1.42 bits per heavy atom. The van der Waals surface area contributed by atoms with Crippen molar-refractivity contribution in [2.45, 2.75) is 34.7 Å². The van der Waals surface area contributed by atoms with Crippen molar-refractivity contribution >= 4 is 53.0 Å². The van der Waals surface area contributed by atoms with Gasteiger partial charge in [0.2, 0.25) is 0 Å². The number of hydrogen-bond acceptors (Lipinski definition) is 9. The molecule has 0 aromatic heterocycles. The van der Waals surface area contributed by atoms with E-state index in [1.165, 1.54) is 47.0 Å². The number of thioether (sulfide) groups is 4. The van der Waals surface area contributed by atoms with E-state index in [0.717, 1.165) is 15.4 Å². The minimum absolute atomic E-state index is 0.119. The maximum Gasteiger partial charge on any atom is 0.338 e. The Hall–Kier alpha value is -0.0700. The molecule has 1 aromatic carbocycles. The third-order valence-corrected chi connectivity index (χ3v) is 10.3. The van der Waals surface area contributed by atoms with Crippen molar-refractivity contribution in [2.24, 2.45) is 0 Å². The van der Waals surface area contributed by atoms with Gasteiger partial charge >= 0.3 is 5.97 Å². The van der Waals surface area contributed by atoms with Gasteiger partial charge in [-0.05, 0) is 12.5 Å². The monoisotopic (exact) mass is 408 g/mol. The topological polar surface area (TPSA) is 118 Å². The summed E-state index contributed by atoms with van der Waals surface area (Å²) in [5.41, 5.74) is 0.973. The lowest BCUT2D eigenvalue weighted by Crippen LogP contribution is -2.27. The van der Waals surface area contributed by atoms with Gasteiger partial charge in [0.1, 0.15) is 8.16 Å². The third kappa shape index (κ3) is 2.67. The van der Waals surface area contributed by atoms with Crippen LogP contribution in [0.5, 0.6) is 0 Å². The van der Waals surface area contributed by atoms with Crippen molar-refractivity contribution in [1.82, 2.24) is 0 Å². The Morgan fingerprint density at radius 2 is 1.12 bits per heavy atom. The van der Waals surface area contributed by atoms with E-state index in [2.05, 4.69) is 0 Å². The first-order chi connectivity index (χ1) is 11.4. The van der Waals surface area contributed by atoms with Crippen molar-refractivity contribution in [3.05, 3.63) is 11.1 Å². The van der Waals surface area contributed by atoms with Gasteiger partial charge in [0.25, 0.3) is 0 Å². The molecule has 2 aliphatic heterocycles. The van der Waals surface area contributed by atoms with Gasteiger partial charge in [-0.2, -0.15) is 0 Å². The molecule has 5 N–H and O–H groups in total. The van der Waals surface area contributed by atoms with E-state index < -0.39 is 14.1 Å². The molecule has 0 saturated carbocycles. The lowest BCUT2D eigenvalue weighted by Gasteiger charge is -2.22. The van der Waals surface area contributed by atoms with Crippen molar-refractivity contribution in [2.75, 3.05) is 26.4 Å². The second-order valence-corrected chi connectivity index (χ2v) is 11.6. The Labute approximate surface area is 155 Å². The van der Waals surface area contributed by atoms with Crippen LogP contribution in [0.3, 0.4) is 0 Å². The van der Waals surface area contributed by atoms with Crippen LogP contribution in [0, 0.1) is 6.92 Å². The lowest BCUT2D eigenvalue weighted by atomic mass is 10.1. The zero-order valence-corrected chi connectivity index (χ0v) is 15.9. The summed E-state index contributed by atoms with van der Waals surface area (Å²) in [4.78, 5) is 14.5. The fourth-order valence-electron chi connectivity index (χ4n) is 2.55. The number of rotatable bonds is 5. The summed E-state index contributed by atoms with van der Waals surface area (Å²) in [6.45, 7) is 0.727. The molecule has 6 nitrogen and oxygen atoms in total. The maximum atomic E-state index is 11.9. The van der Waals surface area contributed by atoms with E-state index in [4.69, 9.17) is 0 Å². The first-order valence-electron chi connectivity index (χ1n) is 6.99. The molecule has 24 heavy (non-hydrogen) atoms. The number of aliphatic hydroxyl groups is 4. The normalized spacial score (nSPS) is 20.0. The number of carboxylic acids is 1. The Balaban J connectivity index is 2.20. The van der Waals surface area contributed by atoms with Gasteiger partial charge in [0, 0.05) is 19.6 Å². The molecular formula is C14H16O6S4. The predicted molar refractivity (Wildman–Crippen MR) is 95.4 cm³/mol. The zero-order chi connectivity index (χ0) is 17.7. The third-order valence-electron chi connectivity index (χ3n) is 3.88. The van der Waals surface area contributed by atoms with Crippen LogP contribution in [0.15, 0.2) is 19.6 Å².